The molecule has 0 spiro atoms. The highest BCUT2D eigenvalue weighted by atomic mass is 35.5. The Labute approximate surface area is 104 Å². The molecule has 0 saturated carbocycles. The minimum atomic E-state index is -0.155. The minimum Gasteiger partial charge on any atom is -0.310 e. The van der Waals surface area contributed by atoms with Crippen molar-refractivity contribution < 1.29 is 0 Å². The van der Waals surface area contributed by atoms with Gasteiger partial charge in [0.2, 0.25) is 0 Å². The van der Waals surface area contributed by atoms with Crippen LogP contribution in [0.25, 0.3) is 0 Å². The van der Waals surface area contributed by atoms with Gasteiger partial charge in [0.05, 0.1) is 11.6 Å². The monoisotopic (exact) mass is 248 g/mol. The van der Waals surface area contributed by atoms with Gasteiger partial charge in [0, 0.05) is 12.5 Å². The van der Waals surface area contributed by atoms with Gasteiger partial charge in [0.15, 0.2) is 0 Å². The van der Waals surface area contributed by atoms with Crippen LogP contribution >= 0.6 is 11.6 Å². The lowest BCUT2D eigenvalue weighted by molar-refractivity contribution is 0.915. The van der Waals surface area contributed by atoms with Gasteiger partial charge >= 0.3 is 0 Å². The van der Waals surface area contributed by atoms with Crippen molar-refractivity contribution in [1.82, 2.24) is 9.97 Å². The van der Waals surface area contributed by atoms with E-state index in [1.165, 1.54) is 11.6 Å². The molecule has 0 unspecified atom stereocenters. The second-order valence-corrected chi connectivity index (χ2v) is 4.25. The number of hydrogen-bond donors (Lipinski definition) is 1. The number of alkyl halides is 1. The molecule has 1 heterocycles. The first-order valence-electron chi connectivity index (χ1n) is 5.38. The molecule has 0 radical (unpaired) electrons. The summed E-state index contributed by atoms with van der Waals surface area (Å²) in [5, 5.41) is 0. The number of benzene rings is 1. The van der Waals surface area contributed by atoms with Gasteiger partial charge in [-0.3, -0.25) is 4.79 Å². The van der Waals surface area contributed by atoms with Gasteiger partial charge in [-0.1, -0.05) is 29.8 Å². The number of aryl methyl sites for hydroxylation is 1. The zero-order valence-corrected chi connectivity index (χ0v) is 10.3. The van der Waals surface area contributed by atoms with E-state index in [0.717, 1.165) is 5.56 Å². The van der Waals surface area contributed by atoms with Gasteiger partial charge in [-0.2, -0.15) is 0 Å². The van der Waals surface area contributed by atoms with Crippen molar-refractivity contribution in [2.75, 3.05) is 0 Å². The first-order valence-corrected chi connectivity index (χ1v) is 5.91. The predicted octanol–water partition coefficient (Wildman–Crippen LogP) is 2.41. The molecule has 0 aliphatic carbocycles. The fourth-order valence-corrected chi connectivity index (χ4v) is 1.75. The average Bonchev–Trinajstić information content (AvgIpc) is 2.31. The van der Waals surface area contributed by atoms with Crippen molar-refractivity contribution in [3.8, 4) is 0 Å². The molecule has 17 heavy (non-hydrogen) atoms. The molecule has 0 aliphatic heterocycles. The first kappa shape index (κ1) is 11.9. The van der Waals surface area contributed by atoms with Crippen molar-refractivity contribution in [2.45, 2.75) is 19.2 Å². The van der Waals surface area contributed by atoms with Crippen LogP contribution in [0.4, 0.5) is 0 Å². The number of rotatable bonds is 3. The molecule has 4 heteroatoms. The van der Waals surface area contributed by atoms with Gasteiger partial charge in [0.25, 0.3) is 5.56 Å². The molecule has 0 amide bonds. The summed E-state index contributed by atoms with van der Waals surface area (Å²) in [6, 6.07) is 9.56. The molecular weight excluding hydrogens is 236 g/mol. The van der Waals surface area contributed by atoms with E-state index in [1.54, 1.807) is 0 Å². The van der Waals surface area contributed by atoms with Crippen LogP contribution in [0.5, 0.6) is 0 Å². The fourth-order valence-electron chi connectivity index (χ4n) is 1.61. The lowest BCUT2D eigenvalue weighted by Crippen LogP contribution is -2.12. The Morgan fingerprint density at radius 1 is 1.29 bits per heavy atom. The van der Waals surface area contributed by atoms with Gasteiger partial charge in [-0.25, -0.2) is 4.98 Å². The zero-order valence-electron chi connectivity index (χ0n) is 9.53. The molecular formula is C13H13ClN2O. The molecule has 0 saturated heterocycles. The smallest absolute Gasteiger partial charge is 0.251 e. The number of aromatic amines is 1. The number of hydrogen-bond acceptors (Lipinski definition) is 2. The van der Waals surface area contributed by atoms with Crippen LogP contribution in [-0.4, -0.2) is 9.97 Å². The van der Waals surface area contributed by atoms with Crippen LogP contribution < -0.4 is 5.56 Å². The van der Waals surface area contributed by atoms with Crippen LogP contribution in [-0.2, 0) is 12.3 Å². The zero-order chi connectivity index (χ0) is 12.3. The molecule has 1 aromatic carbocycles. The van der Waals surface area contributed by atoms with Crippen LogP contribution in [0.1, 0.15) is 22.6 Å². The quantitative estimate of drug-likeness (QED) is 0.848. The second kappa shape index (κ2) is 5.15. The summed E-state index contributed by atoms with van der Waals surface area (Å²) in [6.45, 7) is 2.04. The summed E-state index contributed by atoms with van der Waals surface area (Å²) in [5.41, 5.74) is 2.78. The third-order valence-corrected chi connectivity index (χ3v) is 2.75. The first-order chi connectivity index (χ1) is 8.17. The summed E-state index contributed by atoms with van der Waals surface area (Å²) >= 11 is 5.68. The summed E-state index contributed by atoms with van der Waals surface area (Å²) in [6.07, 6.45) is 0.611. The molecule has 0 bridgehead atoms. The van der Waals surface area contributed by atoms with E-state index in [-0.39, 0.29) is 11.4 Å². The standard InChI is InChI=1S/C13H13ClN2O/c1-9-2-4-10(5-3-9)6-12-15-11(8-14)7-13(17)16-12/h2-5,7H,6,8H2,1H3,(H,15,16,17). The minimum absolute atomic E-state index is 0.155. The second-order valence-electron chi connectivity index (χ2n) is 3.98. The lowest BCUT2D eigenvalue weighted by atomic mass is 10.1. The summed E-state index contributed by atoms with van der Waals surface area (Å²) in [5.74, 6) is 0.905. The highest BCUT2D eigenvalue weighted by Gasteiger charge is 2.02. The number of nitrogens with one attached hydrogen (secondary N) is 1. The van der Waals surface area contributed by atoms with Gasteiger partial charge in [0.1, 0.15) is 5.82 Å². The Bertz CT molecular complexity index is 560. The van der Waals surface area contributed by atoms with E-state index < -0.39 is 0 Å². The SMILES string of the molecule is Cc1ccc(Cc2nc(CCl)cc(=O)[nH]2)cc1. The summed E-state index contributed by atoms with van der Waals surface area (Å²) < 4.78 is 0. The molecule has 2 rings (SSSR count). The Morgan fingerprint density at radius 2 is 2.00 bits per heavy atom. The molecule has 88 valence electrons. The third-order valence-electron chi connectivity index (χ3n) is 2.47. The molecule has 3 nitrogen and oxygen atoms in total. The van der Waals surface area contributed by atoms with E-state index in [1.807, 2.05) is 31.2 Å². The van der Waals surface area contributed by atoms with Gasteiger partial charge < -0.3 is 4.98 Å². The topological polar surface area (TPSA) is 45.8 Å². The Morgan fingerprint density at radius 3 is 2.65 bits per heavy atom. The van der Waals surface area contributed by atoms with Crippen molar-refractivity contribution in [3.63, 3.8) is 0 Å². The van der Waals surface area contributed by atoms with E-state index in [9.17, 15) is 4.79 Å². The van der Waals surface area contributed by atoms with Crippen LogP contribution in [0.15, 0.2) is 35.1 Å². The van der Waals surface area contributed by atoms with E-state index in [0.29, 0.717) is 17.9 Å². The number of nitrogens with zero attached hydrogens (tertiary/aromatic N) is 1. The Kier molecular flexibility index (Phi) is 3.59. The fraction of sp³-hybridized carbons (Fsp3) is 0.231. The predicted molar refractivity (Wildman–Crippen MR) is 68.4 cm³/mol. The summed E-state index contributed by atoms with van der Waals surface area (Å²) in [4.78, 5) is 18.4. The number of H-pyrrole nitrogens is 1. The van der Waals surface area contributed by atoms with Crippen molar-refractivity contribution >= 4 is 11.6 Å². The highest BCUT2D eigenvalue weighted by Crippen LogP contribution is 2.07. The Balaban J connectivity index is 2.26. The van der Waals surface area contributed by atoms with Crippen molar-refractivity contribution in [2.24, 2.45) is 0 Å². The van der Waals surface area contributed by atoms with Gasteiger partial charge in [-0.05, 0) is 12.5 Å². The average molecular weight is 249 g/mol. The maximum atomic E-state index is 11.4. The third kappa shape index (κ3) is 3.17. The molecule has 2 aromatic rings. The number of halogens is 1. The molecule has 0 atom stereocenters. The van der Waals surface area contributed by atoms with Crippen LogP contribution in [0.2, 0.25) is 0 Å². The van der Waals surface area contributed by atoms with E-state index in [4.69, 9.17) is 11.6 Å². The van der Waals surface area contributed by atoms with E-state index >= 15 is 0 Å². The number of aromatic nitrogens is 2. The normalized spacial score (nSPS) is 10.5. The molecule has 0 aliphatic rings. The van der Waals surface area contributed by atoms with Crippen molar-refractivity contribution in [1.29, 1.82) is 0 Å². The molecule has 0 fully saturated rings. The summed E-state index contributed by atoms with van der Waals surface area (Å²) in [7, 11) is 0. The van der Waals surface area contributed by atoms with Crippen LogP contribution in [0.3, 0.4) is 0 Å². The maximum Gasteiger partial charge on any atom is 0.251 e. The van der Waals surface area contributed by atoms with E-state index in [2.05, 4.69) is 9.97 Å². The molecule has 1 N–H and O–H groups in total. The largest absolute Gasteiger partial charge is 0.310 e. The highest BCUT2D eigenvalue weighted by molar-refractivity contribution is 6.16. The van der Waals surface area contributed by atoms with Crippen molar-refractivity contribution in [3.05, 3.63) is 63.3 Å². The molecule has 1 aromatic heterocycles. The lowest BCUT2D eigenvalue weighted by Gasteiger charge is -2.03. The van der Waals surface area contributed by atoms with Gasteiger partial charge in [-0.15, -0.1) is 11.6 Å². The van der Waals surface area contributed by atoms with Crippen LogP contribution in [0, 0.1) is 6.92 Å². The maximum absolute atomic E-state index is 11.4. The Hall–Kier alpha value is -1.61.